The molecule has 1 atom stereocenters. The Kier molecular flexibility index (Phi) is 4.37. The number of imidazole rings is 1. The topological polar surface area (TPSA) is 47.4 Å². The van der Waals surface area contributed by atoms with Gasteiger partial charge in [0.15, 0.2) is 0 Å². The zero-order valence-corrected chi connectivity index (χ0v) is 15.2. The van der Waals surface area contributed by atoms with Crippen LogP contribution in [0.15, 0.2) is 48.5 Å². The molecule has 26 heavy (non-hydrogen) atoms. The highest BCUT2D eigenvalue weighted by atomic mass is 16.5. The quantitative estimate of drug-likeness (QED) is 0.700. The molecular formula is C21H23N3O2. The van der Waals surface area contributed by atoms with E-state index in [0.29, 0.717) is 13.0 Å². The number of carbonyl (C=O) groups excluding carboxylic acids is 1. The summed E-state index contributed by atoms with van der Waals surface area (Å²) < 4.78 is 7.72. The lowest BCUT2D eigenvalue weighted by atomic mass is 10.1. The summed E-state index contributed by atoms with van der Waals surface area (Å²) in [5.74, 6) is 1.95. The number of ether oxygens (including phenoxy) is 1. The number of para-hydroxylation sites is 4. The number of anilines is 1. The molecule has 3 aromatic rings. The van der Waals surface area contributed by atoms with Crippen LogP contribution in [0.1, 0.15) is 31.5 Å². The van der Waals surface area contributed by atoms with Crippen molar-refractivity contribution < 1.29 is 9.53 Å². The maximum Gasteiger partial charge on any atom is 0.227 e. The number of aromatic nitrogens is 2. The second kappa shape index (κ2) is 6.83. The minimum absolute atomic E-state index is 0.0892. The molecule has 0 radical (unpaired) electrons. The average molecular weight is 349 g/mol. The standard InChI is InChI=1S/C21H23N3O2/c1-3-12-23-17-9-5-4-8-16(17)22-21(23)15-13-20(25)24(14-15)18-10-6-7-11-19(18)26-2/h4-11,15H,3,12-14H2,1-2H3/t15-/m0/s1. The van der Waals surface area contributed by atoms with Crippen molar-refractivity contribution in [2.75, 3.05) is 18.6 Å². The van der Waals surface area contributed by atoms with Crippen LogP contribution in [-0.4, -0.2) is 29.1 Å². The van der Waals surface area contributed by atoms with Crippen molar-refractivity contribution >= 4 is 22.6 Å². The third kappa shape index (κ3) is 2.73. The highest BCUT2D eigenvalue weighted by Gasteiger charge is 2.35. The van der Waals surface area contributed by atoms with E-state index in [2.05, 4.69) is 17.6 Å². The van der Waals surface area contributed by atoms with Gasteiger partial charge in [-0.15, -0.1) is 0 Å². The zero-order valence-electron chi connectivity index (χ0n) is 15.2. The van der Waals surface area contributed by atoms with E-state index in [4.69, 9.17) is 9.72 Å². The van der Waals surface area contributed by atoms with Gasteiger partial charge in [0, 0.05) is 25.4 Å². The molecule has 5 nitrogen and oxygen atoms in total. The van der Waals surface area contributed by atoms with Crippen LogP contribution in [0.3, 0.4) is 0 Å². The molecule has 4 rings (SSSR count). The lowest BCUT2D eigenvalue weighted by Crippen LogP contribution is -2.25. The molecule has 1 fully saturated rings. The summed E-state index contributed by atoms with van der Waals surface area (Å²) in [5.41, 5.74) is 2.98. The molecule has 2 aromatic carbocycles. The summed E-state index contributed by atoms with van der Waals surface area (Å²) in [6.45, 7) is 3.71. The fraction of sp³-hybridized carbons (Fsp3) is 0.333. The van der Waals surface area contributed by atoms with E-state index in [9.17, 15) is 4.79 Å². The van der Waals surface area contributed by atoms with E-state index in [-0.39, 0.29) is 11.8 Å². The molecule has 0 bridgehead atoms. The van der Waals surface area contributed by atoms with Gasteiger partial charge in [0.1, 0.15) is 11.6 Å². The van der Waals surface area contributed by atoms with Gasteiger partial charge in [0.05, 0.1) is 23.8 Å². The number of fused-ring (bicyclic) bond motifs is 1. The Morgan fingerprint density at radius 2 is 1.92 bits per heavy atom. The molecule has 0 unspecified atom stereocenters. The molecule has 1 aliphatic rings. The third-order valence-electron chi connectivity index (χ3n) is 5.00. The number of benzene rings is 2. The first-order valence-corrected chi connectivity index (χ1v) is 9.11. The summed E-state index contributed by atoms with van der Waals surface area (Å²) in [4.78, 5) is 19.4. The molecule has 0 saturated carbocycles. The van der Waals surface area contributed by atoms with Crippen LogP contribution in [0.2, 0.25) is 0 Å². The summed E-state index contributed by atoms with van der Waals surface area (Å²) in [7, 11) is 1.64. The Bertz CT molecular complexity index is 947. The fourth-order valence-corrected chi connectivity index (χ4v) is 3.83. The van der Waals surface area contributed by atoms with Gasteiger partial charge in [-0.1, -0.05) is 31.2 Å². The lowest BCUT2D eigenvalue weighted by molar-refractivity contribution is -0.117. The normalized spacial score (nSPS) is 17.2. The molecule has 0 N–H and O–H groups in total. The number of nitrogens with zero attached hydrogens (tertiary/aromatic N) is 3. The average Bonchev–Trinajstić information content (AvgIpc) is 3.23. The zero-order chi connectivity index (χ0) is 18.1. The van der Waals surface area contributed by atoms with Crippen LogP contribution in [0.25, 0.3) is 11.0 Å². The molecule has 5 heteroatoms. The highest BCUT2D eigenvalue weighted by Crippen LogP contribution is 2.37. The largest absolute Gasteiger partial charge is 0.495 e. The Balaban J connectivity index is 1.71. The van der Waals surface area contributed by atoms with E-state index in [1.54, 1.807) is 7.11 Å². The first-order valence-electron chi connectivity index (χ1n) is 9.11. The van der Waals surface area contributed by atoms with Crippen molar-refractivity contribution in [1.29, 1.82) is 0 Å². The minimum Gasteiger partial charge on any atom is -0.495 e. The monoisotopic (exact) mass is 349 g/mol. The number of hydrogen-bond donors (Lipinski definition) is 0. The van der Waals surface area contributed by atoms with Crippen molar-refractivity contribution in [2.45, 2.75) is 32.2 Å². The summed E-state index contributed by atoms with van der Waals surface area (Å²) >= 11 is 0. The van der Waals surface area contributed by atoms with Crippen LogP contribution in [0.4, 0.5) is 5.69 Å². The maximum absolute atomic E-state index is 12.7. The summed E-state index contributed by atoms with van der Waals surface area (Å²) in [6.07, 6.45) is 1.51. The van der Waals surface area contributed by atoms with E-state index in [1.165, 1.54) is 0 Å². The Morgan fingerprint density at radius 1 is 1.15 bits per heavy atom. The van der Waals surface area contributed by atoms with Gasteiger partial charge in [0.25, 0.3) is 0 Å². The Morgan fingerprint density at radius 3 is 2.73 bits per heavy atom. The number of rotatable bonds is 5. The van der Waals surface area contributed by atoms with E-state index in [0.717, 1.165) is 41.3 Å². The van der Waals surface area contributed by atoms with Crippen molar-refractivity contribution in [3.05, 3.63) is 54.4 Å². The SMILES string of the molecule is CCCn1c([C@H]2CC(=O)N(c3ccccc3OC)C2)nc2ccccc21. The molecule has 0 aliphatic carbocycles. The number of methoxy groups -OCH3 is 1. The molecule has 1 amide bonds. The van der Waals surface area contributed by atoms with E-state index < -0.39 is 0 Å². The molecular weight excluding hydrogens is 326 g/mol. The molecule has 1 aliphatic heterocycles. The molecule has 2 heterocycles. The summed E-state index contributed by atoms with van der Waals surface area (Å²) in [6, 6.07) is 15.9. The minimum atomic E-state index is 0.0892. The van der Waals surface area contributed by atoms with Crippen molar-refractivity contribution in [3.8, 4) is 5.75 Å². The van der Waals surface area contributed by atoms with Gasteiger partial charge in [-0.3, -0.25) is 4.79 Å². The smallest absolute Gasteiger partial charge is 0.227 e. The first kappa shape index (κ1) is 16.6. The van der Waals surface area contributed by atoms with Crippen molar-refractivity contribution in [3.63, 3.8) is 0 Å². The van der Waals surface area contributed by atoms with Gasteiger partial charge in [-0.05, 0) is 30.7 Å². The molecule has 1 saturated heterocycles. The maximum atomic E-state index is 12.7. The highest BCUT2D eigenvalue weighted by molar-refractivity contribution is 5.97. The van der Waals surface area contributed by atoms with Crippen LogP contribution >= 0.6 is 0 Å². The lowest BCUT2D eigenvalue weighted by Gasteiger charge is -2.19. The van der Waals surface area contributed by atoms with E-state index in [1.807, 2.05) is 47.4 Å². The van der Waals surface area contributed by atoms with E-state index >= 15 is 0 Å². The first-order chi connectivity index (χ1) is 12.7. The fourth-order valence-electron chi connectivity index (χ4n) is 3.83. The second-order valence-electron chi connectivity index (χ2n) is 6.69. The Hall–Kier alpha value is -2.82. The van der Waals surface area contributed by atoms with Crippen molar-refractivity contribution in [1.82, 2.24) is 9.55 Å². The molecule has 134 valence electrons. The predicted octanol–water partition coefficient (Wildman–Crippen LogP) is 3.98. The number of hydrogen-bond acceptors (Lipinski definition) is 3. The van der Waals surface area contributed by atoms with Gasteiger partial charge in [-0.25, -0.2) is 4.98 Å². The van der Waals surface area contributed by atoms with Gasteiger partial charge in [0.2, 0.25) is 5.91 Å². The number of aryl methyl sites for hydroxylation is 1. The van der Waals surface area contributed by atoms with Crippen LogP contribution in [-0.2, 0) is 11.3 Å². The van der Waals surface area contributed by atoms with Gasteiger partial charge >= 0.3 is 0 Å². The molecule has 1 aromatic heterocycles. The number of carbonyl (C=O) groups is 1. The summed E-state index contributed by atoms with van der Waals surface area (Å²) in [5, 5.41) is 0. The Labute approximate surface area is 153 Å². The van der Waals surface area contributed by atoms with Gasteiger partial charge in [-0.2, -0.15) is 0 Å². The molecule has 0 spiro atoms. The third-order valence-corrected chi connectivity index (χ3v) is 5.00. The van der Waals surface area contributed by atoms with Crippen LogP contribution in [0, 0.1) is 0 Å². The second-order valence-corrected chi connectivity index (χ2v) is 6.69. The van der Waals surface area contributed by atoms with Crippen LogP contribution < -0.4 is 9.64 Å². The van der Waals surface area contributed by atoms with Crippen LogP contribution in [0.5, 0.6) is 5.75 Å². The van der Waals surface area contributed by atoms with Crippen molar-refractivity contribution in [2.24, 2.45) is 0 Å². The number of amides is 1. The van der Waals surface area contributed by atoms with Gasteiger partial charge < -0.3 is 14.2 Å². The predicted molar refractivity (Wildman–Crippen MR) is 103 cm³/mol.